The zero-order valence-electron chi connectivity index (χ0n) is 15.4. The smallest absolute Gasteiger partial charge is 0.241 e. The van der Waals surface area contributed by atoms with Gasteiger partial charge in [0, 0.05) is 49.2 Å². The lowest BCUT2D eigenvalue weighted by molar-refractivity contribution is -0.126. The van der Waals surface area contributed by atoms with E-state index < -0.39 is 0 Å². The van der Waals surface area contributed by atoms with Crippen molar-refractivity contribution in [2.24, 2.45) is 0 Å². The second-order valence-electron chi connectivity index (χ2n) is 7.32. The molecule has 26 heavy (non-hydrogen) atoms. The molecule has 1 saturated heterocycles. The molecule has 0 spiro atoms. The Morgan fingerprint density at radius 2 is 2.27 bits per heavy atom. The standard InChI is InChI=1S/C19H26N6O/c1-19(2,23-12-18(26)25-9-4-6-17(25)20)7-10-24-13-16(22-14-24)15-5-3-8-21-11-15/h3,5,8,11,13-14,20,23H,4,6-7,9-10,12H2,1-2H3. The van der Waals surface area contributed by atoms with Crippen molar-refractivity contribution in [3.05, 3.63) is 37.1 Å². The van der Waals surface area contributed by atoms with E-state index in [0.717, 1.165) is 30.6 Å². The first kappa shape index (κ1) is 18.3. The molecule has 0 aromatic carbocycles. The number of likely N-dealkylation sites (tertiary alicyclic amines) is 1. The number of carbonyl (C=O) groups excluding carboxylic acids is 1. The molecule has 1 aliphatic heterocycles. The van der Waals surface area contributed by atoms with Crippen LogP contribution in [-0.2, 0) is 11.3 Å². The average molecular weight is 354 g/mol. The second-order valence-corrected chi connectivity index (χ2v) is 7.32. The Balaban J connectivity index is 1.49. The third-order valence-corrected chi connectivity index (χ3v) is 4.73. The summed E-state index contributed by atoms with van der Waals surface area (Å²) in [6.45, 7) is 5.93. The van der Waals surface area contributed by atoms with Crippen LogP contribution in [0.3, 0.4) is 0 Å². The molecule has 2 aromatic rings. The topological polar surface area (TPSA) is 86.9 Å². The summed E-state index contributed by atoms with van der Waals surface area (Å²) in [5.74, 6) is 0.429. The van der Waals surface area contributed by atoms with Crippen molar-refractivity contribution in [3.8, 4) is 11.3 Å². The molecule has 1 amide bonds. The molecule has 0 radical (unpaired) electrons. The minimum absolute atomic E-state index is 0.0120. The van der Waals surface area contributed by atoms with E-state index in [0.29, 0.717) is 18.8 Å². The summed E-state index contributed by atoms with van der Waals surface area (Å²) in [4.78, 5) is 22.4. The second kappa shape index (κ2) is 7.78. The van der Waals surface area contributed by atoms with Gasteiger partial charge in [-0.05, 0) is 38.8 Å². The summed E-state index contributed by atoms with van der Waals surface area (Å²) in [6.07, 6.45) is 9.86. The maximum Gasteiger partial charge on any atom is 0.241 e. The van der Waals surface area contributed by atoms with Crippen molar-refractivity contribution < 1.29 is 4.79 Å². The average Bonchev–Trinajstić information content (AvgIpc) is 3.28. The fourth-order valence-electron chi connectivity index (χ4n) is 3.00. The lowest BCUT2D eigenvalue weighted by Gasteiger charge is -2.27. The van der Waals surface area contributed by atoms with Gasteiger partial charge in [-0.3, -0.25) is 20.1 Å². The van der Waals surface area contributed by atoms with E-state index in [4.69, 9.17) is 5.41 Å². The molecule has 0 aliphatic carbocycles. The summed E-state index contributed by atoms with van der Waals surface area (Å²) in [5, 5.41) is 11.1. The molecular formula is C19H26N6O. The number of aryl methyl sites for hydroxylation is 1. The first-order valence-corrected chi connectivity index (χ1v) is 9.00. The molecule has 1 fully saturated rings. The van der Waals surface area contributed by atoms with Crippen LogP contribution in [-0.4, -0.2) is 49.8 Å². The van der Waals surface area contributed by atoms with Gasteiger partial charge >= 0.3 is 0 Å². The van der Waals surface area contributed by atoms with E-state index in [9.17, 15) is 4.79 Å². The van der Waals surface area contributed by atoms with Gasteiger partial charge in [-0.1, -0.05) is 0 Å². The van der Waals surface area contributed by atoms with Crippen molar-refractivity contribution in [1.29, 1.82) is 5.41 Å². The monoisotopic (exact) mass is 354 g/mol. The van der Waals surface area contributed by atoms with Crippen molar-refractivity contribution in [2.75, 3.05) is 13.1 Å². The minimum Gasteiger partial charge on any atom is -0.337 e. The molecule has 2 N–H and O–H groups in total. The molecule has 7 heteroatoms. The minimum atomic E-state index is -0.184. The molecular weight excluding hydrogens is 328 g/mol. The molecule has 3 heterocycles. The number of carbonyl (C=O) groups is 1. The lowest BCUT2D eigenvalue weighted by Crippen LogP contribution is -2.47. The summed E-state index contributed by atoms with van der Waals surface area (Å²) >= 11 is 0. The fraction of sp³-hybridized carbons (Fsp3) is 0.474. The van der Waals surface area contributed by atoms with Crippen LogP contribution in [0.5, 0.6) is 0 Å². The molecule has 0 bridgehead atoms. The van der Waals surface area contributed by atoms with Gasteiger partial charge in [-0.25, -0.2) is 4.98 Å². The summed E-state index contributed by atoms with van der Waals surface area (Å²) < 4.78 is 2.06. The fourth-order valence-corrected chi connectivity index (χ4v) is 3.00. The molecule has 7 nitrogen and oxygen atoms in total. The van der Waals surface area contributed by atoms with Crippen LogP contribution in [0, 0.1) is 5.41 Å². The number of hydrogen-bond acceptors (Lipinski definition) is 5. The highest BCUT2D eigenvalue weighted by Crippen LogP contribution is 2.17. The number of aromatic nitrogens is 3. The van der Waals surface area contributed by atoms with Gasteiger partial charge in [-0.15, -0.1) is 0 Å². The predicted molar refractivity (Wildman–Crippen MR) is 101 cm³/mol. The number of hydrogen-bond donors (Lipinski definition) is 2. The van der Waals surface area contributed by atoms with E-state index in [1.807, 2.05) is 24.7 Å². The van der Waals surface area contributed by atoms with E-state index in [1.165, 1.54) is 0 Å². The van der Waals surface area contributed by atoms with Crippen LogP contribution in [0.4, 0.5) is 0 Å². The Bertz CT molecular complexity index is 767. The third kappa shape index (κ3) is 4.54. The number of pyridine rings is 1. The summed E-state index contributed by atoms with van der Waals surface area (Å²) in [7, 11) is 0. The number of nitrogens with zero attached hydrogens (tertiary/aromatic N) is 4. The van der Waals surface area contributed by atoms with Crippen LogP contribution < -0.4 is 5.32 Å². The number of amides is 1. The van der Waals surface area contributed by atoms with Crippen LogP contribution >= 0.6 is 0 Å². The zero-order chi connectivity index (χ0) is 18.6. The zero-order valence-corrected chi connectivity index (χ0v) is 15.4. The van der Waals surface area contributed by atoms with E-state index in [2.05, 4.69) is 33.7 Å². The van der Waals surface area contributed by atoms with Crippen LogP contribution in [0.2, 0.25) is 0 Å². The first-order chi connectivity index (χ1) is 12.4. The Kier molecular flexibility index (Phi) is 5.46. The third-order valence-electron chi connectivity index (χ3n) is 4.73. The summed E-state index contributed by atoms with van der Waals surface area (Å²) in [5.41, 5.74) is 1.73. The van der Waals surface area contributed by atoms with E-state index >= 15 is 0 Å². The number of rotatable bonds is 7. The Labute approximate surface area is 154 Å². The summed E-state index contributed by atoms with van der Waals surface area (Å²) in [6, 6.07) is 3.89. The number of amidine groups is 1. The van der Waals surface area contributed by atoms with E-state index in [-0.39, 0.29) is 18.0 Å². The van der Waals surface area contributed by atoms with Gasteiger partial charge in [0.1, 0.15) is 5.84 Å². The van der Waals surface area contributed by atoms with Crippen LogP contribution in [0.25, 0.3) is 11.3 Å². The Morgan fingerprint density at radius 1 is 1.42 bits per heavy atom. The van der Waals surface area contributed by atoms with Crippen molar-refractivity contribution in [2.45, 2.75) is 45.2 Å². The molecule has 0 unspecified atom stereocenters. The molecule has 138 valence electrons. The van der Waals surface area contributed by atoms with Crippen LogP contribution in [0.15, 0.2) is 37.1 Å². The van der Waals surface area contributed by atoms with Gasteiger partial charge < -0.3 is 9.88 Å². The Hall–Kier alpha value is -2.54. The molecule has 2 aromatic heterocycles. The Morgan fingerprint density at radius 3 is 2.96 bits per heavy atom. The first-order valence-electron chi connectivity index (χ1n) is 9.00. The normalized spacial score (nSPS) is 14.8. The highest BCUT2D eigenvalue weighted by molar-refractivity contribution is 5.98. The van der Waals surface area contributed by atoms with Gasteiger partial charge in [0.05, 0.1) is 18.6 Å². The molecule has 0 saturated carbocycles. The molecule has 0 atom stereocenters. The largest absolute Gasteiger partial charge is 0.337 e. The van der Waals surface area contributed by atoms with Gasteiger partial charge in [0.25, 0.3) is 0 Å². The molecule has 1 aliphatic rings. The highest BCUT2D eigenvalue weighted by atomic mass is 16.2. The van der Waals surface area contributed by atoms with E-state index in [1.54, 1.807) is 17.3 Å². The quantitative estimate of drug-likeness (QED) is 0.799. The van der Waals surface area contributed by atoms with Gasteiger partial charge in [-0.2, -0.15) is 0 Å². The van der Waals surface area contributed by atoms with Crippen LogP contribution in [0.1, 0.15) is 33.1 Å². The van der Waals surface area contributed by atoms with Crippen molar-refractivity contribution in [3.63, 3.8) is 0 Å². The number of imidazole rings is 1. The SMILES string of the molecule is CC(C)(CCn1cnc(-c2cccnc2)c1)NCC(=O)N1CCCC1=N. The highest BCUT2D eigenvalue weighted by Gasteiger charge is 2.25. The number of nitrogens with one attached hydrogen (secondary N) is 2. The lowest BCUT2D eigenvalue weighted by atomic mass is 10.0. The maximum absolute atomic E-state index is 12.2. The maximum atomic E-state index is 12.2. The van der Waals surface area contributed by atoms with Gasteiger partial charge in [0.2, 0.25) is 5.91 Å². The molecule has 3 rings (SSSR count). The van der Waals surface area contributed by atoms with Crippen molar-refractivity contribution >= 4 is 11.7 Å². The van der Waals surface area contributed by atoms with Gasteiger partial charge in [0.15, 0.2) is 0 Å². The predicted octanol–water partition coefficient (Wildman–Crippen LogP) is 2.30. The van der Waals surface area contributed by atoms with Crippen molar-refractivity contribution in [1.82, 2.24) is 24.8 Å².